The smallest absolute Gasteiger partial charge is 0.410 e. The molecule has 1 aromatic carbocycles. The average molecular weight is 329 g/mol. The number of benzene rings is 1. The molecule has 130 valence electrons. The molecule has 5 heteroatoms. The van der Waals surface area contributed by atoms with E-state index in [9.17, 15) is 4.79 Å². The van der Waals surface area contributed by atoms with Crippen LogP contribution in [0.3, 0.4) is 0 Å². The van der Waals surface area contributed by atoms with Gasteiger partial charge in [-0.15, -0.1) is 0 Å². The molecule has 2 aliphatic heterocycles. The molecule has 1 aromatic rings. The Morgan fingerprint density at radius 3 is 2.71 bits per heavy atom. The van der Waals surface area contributed by atoms with E-state index < -0.39 is 5.60 Å². The third kappa shape index (κ3) is 4.02. The number of likely N-dealkylation sites (tertiary alicyclic amines) is 1. The Morgan fingerprint density at radius 1 is 1.25 bits per heavy atom. The zero-order chi connectivity index (χ0) is 17.2. The predicted molar refractivity (Wildman–Crippen MR) is 95.0 cm³/mol. The fraction of sp³-hybridized carbons (Fsp3) is 0.526. The SMILES string of the molecule is CC(C)(C)OC(=O)N1CCC[C@H](C2NC=C(c3ccccc3)N2)C1. The lowest BCUT2D eigenvalue weighted by molar-refractivity contribution is 0.0145. The van der Waals surface area contributed by atoms with Gasteiger partial charge in [0.15, 0.2) is 0 Å². The van der Waals surface area contributed by atoms with Gasteiger partial charge < -0.3 is 20.3 Å². The Hall–Kier alpha value is -2.17. The van der Waals surface area contributed by atoms with Crippen molar-refractivity contribution in [3.05, 3.63) is 42.1 Å². The lowest BCUT2D eigenvalue weighted by atomic mass is 9.95. The van der Waals surface area contributed by atoms with Crippen LogP contribution >= 0.6 is 0 Å². The number of amides is 1. The molecule has 0 spiro atoms. The fourth-order valence-corrected chi connectivity index (χ4v) is 3.24. The molecule has 2 aliphatic rings. The van der Waals surface area contributed by atoms with E-state index in [-0.39, 0.29) is 12.3 Å². The van der Waals surface area contributed by atoms with Crippen molar-refractivity contribution in [1.82, 2.24) is 15.5 Å². The molecule has 1 saturated heterocycles. The van der Waals surface area contributed by atoms with Crippen LogP contribution in [0.15, 0.2) is 36.5 Å². The molecule has 1 amide bonds. The Kier molecular flexibility index (Phi) is 4.69. The van der Waals surface area contributed by atoms with Crippen LogP contribution in [0.5, 0.6) is 0 Å². The predicted octanol–water partition coefficient (Wildman–Crippen LogP) is 3.15. The van der Waals surface area contributed by atoms with Gasteiger partial charge in [-0.1, -0.05) is 30.3 Å². The van der Waals surface area contributed by atoms with Gasteiger partial charge in [0.1, 0.15) is 11.8 Å². The van der Waals surface area contributed by atoms with Crippen molar-refractivity contribution in [3.8, 4) is 0 Å². The molecule has 2 atom stereocenters. The Labute approximate surface area is 144 Å². The van der Waals surface area contributed by atoms with Gasteiger partial charge in [0, 0.05) is 25.2 Å². The summed E-state index contributed by atoms with van der Waals surface area (Å²) < 4.78 is 5.51. The minimum absolute atomic E-state index is 0.158. The summed E-state index contributed by atoms with van der Waals surface area (Å²) in [6, 6.07) is 10.3. The summed E-state index contributed by atoms with van der Waals surface area (Å²) >= 11 is 0. The van der Waals surface area contributed by atoms with Gasteiger partial charge in [-0.3, -0.25) is 0 Å². The highest BCUT2D eigenvalue weighted by Crippen LogP contribution is 2.25. The normalized spacial score (nSPS) is 24.0. The maximum absolute atomic E-state index is 12.3. The number of ether oxygens (including phenoxy) is 1. The second-order valence-electron chi connectivity index (χ2n) is 7.54. The molecule has 24 heavy (non-hydrogen) atoms. The van der Waals surface area contributed by atoms with Crippen LogP contribution < -0.4 is 10.6 Å². The largest absolute Gasteiger partial charge is 0.444 e. The lowest BCUT2D eigenvalue weighted by Gasteiger charge is -2.36. The average Bonchev–Trinajstić information content (AvgIpc) is 3.04. The molecule has 5 nitrogen and oxygen atoms in total. The number of rotatable bonds is 2. The molecule has 3 rings (SSSR count). The third-order valence-electron chi connectivity index (χ3n) is 4.38. The molecule has 0 bridgehead atoms. The third-order valence-corrected chi connectivity index (χ3v) is 4.38. The number of carbonyl (C=O) groups excluding carboxylic acids is 1. The summed E-state index contributed by atoms with van der Waals surface area (Å²) in [7, 11) is 0. The van der Waals surface area contributed by atoms with E-state index in [2.05, 4.69) is 22.8 Å². The van der Waals surface area contributed by atoms with Crippen LogP contribution in [-0.2, 0) is 4.74 Å². The van der Waals surface area contributed by atoms with Crippen LogP contribution in [0.4, 0.5) is 4.79 Å². The van der Waals surface area contributed by atoms with Crippen molar-refractivity contribution in [2.45, 2.75) is 45.4 Å². The molecular weight excluding hydrogens is 302 g/mol. The molecule has 2 N–H and O–H groups in total. The van der Waals surface area contributed by atoms with E-state index in [0.29, 0.717) is 5.92 Å². The molecule has 0 radical (unpaired) electrons. The van der Waals surface area contributed by atoms with Gasteiger partial charge >= 0.3 is 6.09 Å². The second-order valence-corrected chi connectivity index (χ2v) is 7.54. The summed E-state index contributed by atoms with van der Waals surface area (Å²) in [5.74, 6) is 0.365. The number of nitrogens with one attached hydrogen (secondary N) is 2. The number of hydrogen-bond donors (Lipinski definition) is 2. The van der Waals surface area contributed by atoms with Crippen molar-refractivity contribution in [2.24, 2.45) is 5.92 Å². The molecule has 0 aromatic heterocycles. The van der Waals surface area contributed by atoms with Gasteiger partial charge in [0.25, 0.3) is 0 Å². The maximum Gasteiger partial charge on any atom is 0.410 e. The van der Waals surface area contributed by atoms with Crippen LogP contribution in [0.2, 0.25) is 0 Å². The van der Waals surface area contributed by atoms with Crippen molar-refractivity contribution in [1.29, 1.82) is 0 Å². The highest BCUT2D eigenvalue weighted by atomic mass is 16.6. The first-order valence-electron chi connectivity index (χ1n) is 8.68. The standard InChI is InChI=1S/C19H27N3O2/c1-19(2,3)24-18(23)22-11-7-10-15(13-22)17-20-12-16(21-17)14-8-5-4-6-9-14/h4-6,8-9,12,15,17,20-21H,7,10-11,13H2,1-3H3/t15-,17?/m0/s1. The first kappa shape index (κ1) is 16.7. The summed E-state index contributed by atoms with van der Waals surface area (Å²) in [6.07, 6.45) is 4.09. The van der Waals surface area contributed by atoms with E-state index >= 15 is 0 Å². The van der Waals surface area contributed by atoms with Crippen molar-refractivity contribution >= 4 is 11.8 Å². The second kappa shape index (κ2) is 6.75. The van der Waals surface area contributed by atoms with Crippen molar-refractivity contribution in [2.75, 3.05) is 13.1 Å². The topological polar surface area (TPSA) is 53.6 Å². The van der Waals surface area contributed by atoms with Crippen molar-refractivity contribution in [3.63, 3.8) is 0 Å². The zero-order valence-electron chi connectivity index (χ0n) is 14.7. The Morgan fingerprint density at radius 2 is 2.00 bits per heavy atom. The Balaban J connectivity index is 1.58. The summed E-state index contributed by atoms with van der Waals surface area (Å²) in [5, 5.41) is 6.99. The van der Waals surface area contributed by atoms with Gasteiger partial charge in [-0.2, -0.15) is 0 Å². The molecule has 1 fully saturated rings. The van der Waals surface area contributed by atoms with E-state index in [1.54, 1.807) is 0 Å². The molecule has 2 heterocycles. The first-order valence-corrected chi connectivity index (χ1v) is 8.68. The minimum atomic E-state index is -0.448. The minimum Gasteiger partial charge on any atom is -0.444 e. The molecular formula is C19H27N3O2. The summed E-state index contributed by atoms with van der Waals surface area (Å²) in [5.41, 5.74) is 1.83. The highest BCUT2D eigenvalue weighted by molar-refractivity contribution is 5.68. The molecule has 0 aliphatic carbocycles. The van der Waals surface area contributed by atoms with Gasteiger partial charge in [0.05, 0.1) is 5.70 Å². The van der Waals surface area contributed by atoms with Crippen LogP contribution in [0.25, 0.3) is 5.70 Å². The summed E-state index contributed by atoms with van der Waals surface area (Å²) in [4.78, 5) is 14.1. The number of hydrogen-bond acceptors (Lipinski definition) is 4. The molecule has 1 unspecified atom stereocenters. The summed E-state index contributed by atoms with van der Waals surface area (Å²) in [6.45, 7) is 7.21. The quantitative estimate of drug-likeness (QED) is 0.875. The number of carbonyl (C=O) groups is 1. The molecule has 0 saturated carbocycles. The fourth-order valence-electron chi connectivity index (χ4n) is 3.24. The van der Waals surface area contributed by atoms with Gasteiger partial charge in [-0.05, 0) is 39.2 Å². The van der Waals surface area contributed by atoms with Crippen LogP contribution in [-0.4, -0.2) is 35.8 Å². The lowest BCUT2D eigenvalue weighted by Crippen LogP contribution is -2.50. The van der Waals surface area contributed by atoms with Gasteiger partial charge in [-0.25, -0.2) is 4.79 Å². The van der Waals surface area contributed by atoms with E-state index in [0.717, 1.165) is 31.6 Å². The highest BCUT2D eigenvalue weighted by Gasteiger charge is 2.33. The maximum atomic E-state index is 12.3. The monoisotopic (exact) mass is 329 g/mol. The van der Waals surface area contributed by atoms with Crippen molar-refractivity contribution < 1.29 is 9.53 Å². The Bertz CT molecular complexity index is 607. The van der Waals surface area contributed by atoms with E-state index in [1.807, 2.05) is 50.1 Å². The van der Waals surface area contributed by atoms with Crippen LogP contribution in [0.1, 0.15) is 39.2 Å². The van der Waals surface area contributed by atoms with Gasteiger partial charge in [0.2, 0.25) is 0 Å². The number of piperidine rings is 1. The van der Waals surface area contributed by atoms with Crippen LogP contribution in [0, 0.1) is 5.92 Å². The zero-order valence-corrected chi connectivity index (χ0v) is 14.7. The van der Waals surface area contributed by atoms with E-state index in [4.69, 9.17) is 4.74 Å². The first-order chi connectivity index (χ1) is 11.4. The van der Waals surface area contributed by atoms with E-state index in [1.165, 1.54) is 5.56 Å². The number of nitrogens with zero attached hydrogens (tertiary/aromatic N) is 1.